The molecule has 1 aromatic carbocycles. The number of hydrogen-bond acceptors (Lipinski definition) is 1. The molecule has 0 atom stereocenters. The van der Waals surface area contributed by atoms with Crippen LogP contribution in [0.4, 0.5) is 17.6 Å². The lowest BCUT2D eigenvalue weighted by Crippen LogP contribution is -2.35. The van der Waals surface area contributed by atoms with Crippen molar-refractivity contribution in [3.63, 3.8) is 0 Å². The van der Waals surface area contributed by atoms with E-state index in [2.05, 4.69) is 0 Å². The van der Waals surface area contributed by atoms with E-state index in [1.54, 1.807) is 13.8 Å². The third-order valence-electron chi connectivity index (χ3n) is 2.02. The van der Waals surface area contributed by atoms with Gasteiger partial charge in [0.1, 0.15) is 5.82 Å². The Bertz CT molecular complexity index is 377. The number of alkyl halides is 3. The van der Waals surface area contributed by atoms with Crippen LogP contribution in [0, 0.1) is 5.82 Å². The van der Waals surface area contributed by atoms with Crippen molar-refractivity contribution in [1.82, 2.24) is 0 Å². The molecule has 16 heavy (non-hydrogen) atoms. The second-order valence-corrected chi connectivity index (χ2v) is 4.46. The molecule has 0 bridgehead atoms. The van der Waals surface area contributed by atoms with Gasteiger partial charge in [-0.05, 0) is 38.0 Å². The Hall–Kier alpha value is -1.10. The number of halogens is 4. The average molecular weight is 235 g/mol. The van der Waals surface area contributed by atoms with E-state index in [1.807, 2.05) is 0 Å². The molecule has 0 heterocycles. The lowest BCUT2D eigenvalue weighted by Gasteiger charge is -2.21. The third-order valence-corrected chi connectivity index (χ3v) is 2.02. The van der Waals surface area contributed by atoms with Gasteiger partial charge in [-0.3, -0.25) is 0 Å². The topological polar surface area (TPSA) is 26.0 Å². The smallest absolute Gasteiger partial charge is 0.325 e. The molecule has 2 N–H and O–H groups in total. The largest absolute Gasteiger partial charge is 0.416 e. The van der Waals surface area contributed by atoms with E-state index in [0.29, 0.717) is 6.07 Å². The van der Waals surface area contributed by atoms with Gasteiger partial charge in [0.2, 0.25) is 0 Å². The molecule has 0 saturated carbocycles. The monoisotopic (exact) mass is 235 g/mol. The second-order valence-electron chi connectivity index (χ2n) is 4.46. The minimum atomic E-state index is -4.55. The zero-order valence-electron chi connectivity index (χ0n) is 9.03. The fourth-order valence-corrected chi connectivity index (χ4v) is 1.46. The first-order valence-electron chi connectivity index (χ1n) is 4.74. The van der Waals surface area contributed by atoms with Crippen molar-refractivity contribution in [3.05, 3.63) is 35.1 Å². The van der Waals surface area contributed by atoms with Gasteiger partial charge in [0.05, 0.1) is 5.56 Å². The third kappa shape index (κ3) is 3.48. The highest BCUT2D eigenvalue weighted by atomic mass is 19.4. The number of hydrogen-bond donors (Lipinski definition) is 1. The Labute approximate surface area is 91.3 Å². The Morgan fingerprint density at radius 3 is 2.19 bits per heavy atom. The van der Waals surface area contributed by atoms with E-state index in [0.717, 1.165) is 12.1 Å². The van der Waals surface area contributed by atoms with Gasteiger partial charge in [0.15, 0.2) is 0 Å². The van der Waals surface area contributed by atoms with Crippen molar-refractivity contribution in [2.24, 2.45) is 5.73 Å². The van der Waals surface area contributed by atoms with Gasteiger partial charge in [-0.25, -0.2) is 4.39 Å². The van der Waals surface area contributed by atoms with Crippen LogP contribution < -0.4 is 5.73 Å². The lowest BCUT2D eigenvalue weighted by atomic mass is 9.92. The normalized spacial score (nSPS) is 12.9. The maximum atomic E-state index is 12.8. The Morgan fingerprint density at radius 1 is 1.19 bits per heavy atom. The fraction of sp³-hybridized carbons (Fsp3) is 0.455. The predicted molar refractivity (Wildman–Crippen MR) is 53.4 cm³/mol. The number of rotatable bonds is 2. The standard InChI is InChI=1S/C11H13F4N/c1-10(2,16)6-7-3-4-8(12)5-9(7)11(13,14)15/h3-5H,6,16H2,1-2H3. The van der Waals surface area contributed by atoms with Crippen molar-refractivity contribution in [2.75, 3.05) is 0 Å². The highest BCUT2D eigenvalue weighted by Gasteiger charge is 2.34. The van der Waals surface area contributed by atoms with Crippen LogP contribution in [0.5, 0.6) is 0 Å². The SMILES string of the molecule is CC(C)(N)Cc1ccc(F)cc1C(F)(F)F. The van der Waals surface area contributed by atoms with Gasteiger partial charge in [0, 0.05) is 5.54 Å². The fourth-order valence-electron chi connectivity index (χ4n) is 1.46. The van der Waals surface area contributed by atoms with Crippen molar-refractivity contribution in [1.29, 1.82) is 0 Å². The summed E-state index contributed by atoms with van der Waals surface area (Å²) in [6, 6.07) is 2.64. The van der Waals surface area contributed by atoms with Gasteiger partial charge in [0.25, 0.3) is 0 Å². The molecule has 1 aromatic rings. The molecule has 0 aliphatic heterocycles. The van der Waals surface area contributed by atoms with Crippen LogP contribution in [0.2, 0.25) is 0 Å². The summed E-state index contributed by atoms with van der Waals surface area (Å²) in [5.74, 6) is -0.897. The van der Waals surface area contributed by atoms with Crippen molar-refractivity contribution >= 4 is 0 Å². The molecular weight excluding hydrogens is 222 g/mol. The molecular formula is C11H13F4N. The Balaban J connectivity index is 3.19. The molecule has 0 radical (unpaired) electrons. The quantitative estimate of drug-likeness (QED) is 0.783. The zero-order chi connectivity index (χ0) is 12.6. The molecule has 90 valence electrons. The van der Waals surface area contributed by atoms with Crippen LogP contribution in [0.15, 0.2) is 18.2 Å². The summed E-state index contributed by atoms with van der Waals surface area (Å²) in [6.45, 7) is 3.24. The number of nitrogens with two attached hydrogens (primary N) is 1. The van der Waals surface area contributed by atoms with Crippen LogP contribution in [0.3, 0.4) is 0 Å². The summed E-state index contributed by atoms with van der Waals surface area (Å²) in [5, 5.41) is 0. The Kier molecular flexibility index (Phi) is 3.28. The molecule has 0 aromatic heterocycles. The van der Waals surface area contributed by atoms with Crippen LogP contribution in [0.1, 0.15) is 25.0 Å². The molecule has 0 spiro atoms. The maximum absolute atomic E-state index is 12.8. The van der Waals surface area contributed by atoms with Crippen molar-refractivity contribution in [3.8, 4) is 0 Å². The first-order valence-corrected chi connectivity index (χ1v) is 4.74. The minimum Gasteiger partial charge on any atom is -0.325 e. The van der Waals surface area contributed by atoms with Gasteiger partial charge < -0.3 is 5.73 Å². The maximum Gasteiger partial charge on any atom is 0.416 e. The van der Waals surface area contributed by atoms with E-state index in [-0.39, 0.29) is 12.0 Å². The van der Waals surface area contributed by atoms with Crippen molar-refractivity contribution in [2.45, 2.75) is 32.0 Å². The molecule has 0 saturated heterocycles. The molecule has 1 rings (SSSR count). The van der Waals surface area contributed by atoms with Gasteiger partial charge >= 0.3 is 6.18 Å². The first-order chi connectivity index (χ1) is 7.09. The highest BCUT2D eigenvalue weighted by Crippen LogP contribution is 2.33. The van der Waals surface area contributed by atoms with Crippen LogP contribution in [-0.4, -0.2) is 5.54 Å². The predicted octanol–water partition coefficient (Wildman–Crippen LogP) is 3.12. The average Bonchev–Trinajstić information content (AvgIpc) is 2.04. The van der Waals surface area contributed by atoms with Crippen LogP contribution in [-0.2, 0) is 12.6 Å². The van der Waals surface area contributed by atoms with Gasteiger partial charge in [-0.2, -0.15) is 13.2 Å². The first kappa shape index (κ1) is 13.0. The second kappa shape index (κ2) is 4.05. The summed E-state index contributed by atoms with van der Waals surface area (Å²) in [7, 11) is 0. The van der Waals surface area contributed by atoms with Gasteiger partial charge in [-0.15, -0.1) is 0 Å². The molecule has 0 unspecified atom stereocenters. The molecule has 0 aliphatic rings. The summed E-state index contributed by atoms with van der Waals surface area (Å²) >= 11 is 0. The van der Waals surface area contributed by atoms with E-state index >= 15 is 0 Å². The van der Waals surface area contributed by atoms with Crippen LogP contribution >= 0.6 is 0 Å². The lowest BCUT2D eigenvalue weighted by molar-refractivity contribution is -0.138. The molecule has 0 aliphatic carbocycles. The summed E-state index contributed by atoms with van der Waals surface area (Å²) < 4.78 is 50.6. The van der Waals surface area contributed by atoms with Crippen molar-refractivity contribution < 1.29 is 17.6 Å². The van der Waals surface area contributed by atoms with E-state index in [4.69, 9.17) is 5.73 Å². The summed E-state index contributed by atoms with van der Waals surface area (Å²) in [5.41, 5.74) is 3.95. The molecule has 0 fully saturated rings. The Morgan fingerprint density at radius 2 is 1.75 bits per heavy atom. The minimum absolute atomic E-state index is 0.0152. The summed E-state index contributed by atoms with van der Waals surface area (Å²) in [4.78, 5) is 0. The summed E-state index contributed by atoms with van der Waals surface area (Å²) in [6.07, 6.45) is -4.51. The zero-order valence-corrected chi connectivity index (χ0v) is 9.03. The number of benzene rings is 1. The highest BCUT2D eigenvalue weighted by molar-refractivity contribution is 5.31. The molecule has 0 amide bonds. The van der Waals surface area contributed by atoms with E-state index < -0.39 is 23.1 Å². The van der Waals surface area contributed by atoms with Crippen LogP contribution in [0.25, 0.3) is 0 Å². The molecule has 1 nitrogen and oxygen atoms in total. The van der Waals surface area contributed by atoms with E-state index in [1.165, 1.54) is 0 Å². The van der Waals surface area contributed by atoms with E-state index in [9.17, 15) is 17.6 Å². The van der Waals surface area contributed by atoms with Gasteiger partial charge in [-0.1, -0.05) is 6.07 Å². The molecule has 5 heteroatoms.